The Labute approximate surface area is 89.4 Å². The molecule has 0 saturated carbocycles. The normalized spacial score (nSPS) is 23.1. The van der Waals surface area contributed by atoms with Crippen molar-refractivity contribution in [1.82, 2.24) is 4.90 Å². The van der Waals surface area contributed by atoms with Crippen LogP contribution >= 0.6 is 0 Å². The Morgan fingerprint density at radius 2 is 2.00 bits per heavy atom. The summed E-state index contributed by atoms with van der Waals surface area (Å²) >= 11 is 0. The smallest absolute Gasteiger partial charge is 0.149 e. The number of hydrogen-bond donors (Lipinski definition) is 0. The fourth-order valence-corrected chi connectivity index (χ4v) is 1.26. The second-order valence-electron chi connectivity index (χ2n) is 3.74. The minimum Gasteiger partial charge on any atom is -0.288 e. The van der Waals surface area contributed by atoms with Gasteiger partial charge in [0.05, 0.1) is 11.4 Å². The van der Waals surface area contributed by atoms with Gasteiger partial charge in [-0.25, -0.2) is 9.98 Å². The highest BCUT2D eigenvalue weighted by Crippen LogP contribution is 2.07. The molecule has 78 valence electrons. The lowest BCUT2D eigenvalue weighted by Crippen LogP contribution is -2.24. The molecular weight excluding hydrogens is 188 g/mol. The number of nitrogens with zero attached hydrogens (tertiary/aromatic N) is 4. The largest absolute Gasteiger partial charge is 0.288 e. The van der Waals surface area contributed by atoms with E-state index < -0.39 is 0 Å². The van der Waals surface area contributed by atoms with Gasteiger partial charge >= 0.3 is 0 Å². The molecule has 4 nitrogen and oxygen atoms in total. The zero-order valence-corrected chi connectivity index (χ0v) is 9.18. The zero-order valence-electron chi connectivity index (χ0n) is 9.18. The van der Waals surface area contributed by atoms with Gasteiger partial charge in [-0.1, -0.05) is 0 Å². The third-order valence-electron chi connectivity index (χ3n) is 2.40. The fraction of sp³-hybridized carbons (Fsp3) is 0.364. The SMILES string of the molecule is CC(/N=C1/C=CC2=NC=CC2=N1)N(C)C. The van der Waals surface area contributed by atoms with E-state index in [1.54, 1.807) is 6.20 Å². The lowest BCUT2D eigenvalue weighted by Gasteiger charge is -2.16. The van der Waals surface area contributed by atoms with Gasteiger partial charge in [-0.2, -0.15) is 0 Å². The van der Waals surface area contributed by atoms with Gasteiger partial charge < -0.3 is 0 Å². The van der Waals surface area contributed by atoms with E-state index in [0.29, 0.717) is 0 Å². The van der Waals surface area contributed by atoms with Crippen molar-refractivity contribution in [2.45, 2.75) is 13.1 Å². The van der Waals surface area contributed by atoms with Gasteiger partial charge in [0.1, 0.15) is 12.0 Å². The van der Waals surface area contributed by atoms with E-state index in [1.807, 2.05) is 44.1 Å². The lowest BCUT2D eigenvalue weighted by molar-refractivity contribution is 0.324. The Kier molecular flexibility index (Phi) is 2.60. The van der Waals surface area contributed by atoms with Crippen LogP contribution in [0.4, 0.5) is 0 Å². The van der Waals surface area contributed by atoms with Crippen LogP contribution in [0.2, 0.25) is 0 Å². The summed E-state index contributed by atoms with van der Waals surface area (Å²) in [6, 6.07) is 0. The molecule has 2 aliphatic rings. The van der Waals surface area contributed by atoms with Crippen LogP contribution in [0.1, 0.15) is 6.92 Å². The van der Waals surface area contributed by atoms with Crippen LogP contribution in [0.3, 0.4) is 0 Å². The predicted molar refractivity (Wildman–Crippen MR) is 63.7 cm³/mol. The molecule has 0 fully saturated rings. The molecule has 1 unspecified atom stereocenters. The Morgan fingerprint density at radius 1 is 1.20 bits per heavy atom. The monoisotopic (exact) mass is 202 g/mol. The van der Waals surface area contributed by atoms with E-state index in [2.05, 4.69) is 15.0 Å². The molecule has 0 N–H and O–H groups in total. The van der Waals surface area contributed by atoms with E-state index in [4.69, 9.17) is 0 Å². The van der Waals surface area contributed by atoms with Gasteiger partial charge in [-0.05, 0) is 39.2 Å². The van der Waals surface area contributed by atoms with Gasteiger partial charge in [0.2, 0.25) is 0 Å². The summed E-state index contributed by atoms with van der Waals surface area (Å²) in [7, 11) is 3.99. The Hall–Kier alpha value is -1.55. The minimum absolute atomic E-state index is 0.137. The quantitative estimate of drug-likeness (QED) is 0.664. The number of hydrogen-bond acceptors (Lipinski definition) is 3. The first-order valence-corrected chi connectivity index (χ1v) is 4.92. The van der Waals surface area contributed by atoms with Crippen molar-refractivity contribution in [3.05, 3.63) is 24.4 Å². The predicted octanol–water partition coefficient (Wildman–Crippen LogP) is 1.27. The highest BCUT2D eigenvalue weighted by atomic mass is 15.2. The summed E-state index contributed by atoms with van der Waals surface area (Å²) < 4.78 is 0. The molecule has 15 heavy (non-hydrogen) atoms. The molecule has 0 radical (unpaired) electrons. The molecule has 0 saturated heterocycles. The van der Waals surface area contributed by atoms with Gasteiger partial charge in [0.25, 0.3) is 0 Å². The number of rotatable bonds is 2. The number of fused-ring (bicyclic) bond motifs is 1. The van der Waals surface area contributed by atoms with Crippen LogP contribution in [-0.2, 0) is 0 Å². The van der Waals surface area contributed by atoms with Crippen molar-refractivity contribution in [2.75, 3.05) is 14.1 Å². The average Bonchev–Trinajstić information content (AvgIpc) is 2.64. The maximum absolute atomic E-state index is 4.48. The number of allylic oxidation sites excluding steroid dienone is 2. The molecule has 0 aromatic carbocycles. The average molecular weight is 202 g/mol. The third-order valence-corrected chi connectivity index (χ3v) is 2.40. The van der Waals surface area contributed by atoms with Gasteiger partial charge in [-0.15, -0.1) is 0 Å². The first-order chi connectivity index (χ1) is 7.16. The second kappa shape index (κ2) is 3.90. The summed E-state index contributed by atoms with van der Waals surface area (Å²) in [5.74, 6) is 0.761. The van der Waals surface area contributed by atoms with Gasteiger partial charge in [0.15, 0.2) is 0 Å². The second-order valence-corrected chi connectivity index (χ2v) is 3.74. The topological polar surface area (TPSA) is 40.3 Å². The molecular formula is C11H14N4. The molecule has 0 aromatic rings. The molecule has 2 rings (SSSR count). The molecule has 0 aliphatic carbocycles. The lowest BCUT2D eigenvalue weighted by atomic mass is 10.2. The summed E-state index contributed by atoms with van der Waals surface area (Å²) in [6.45, 7) is 2.04. The molecule has 0 amide bonds. The molecule has 2 aliphatic heterocycles. The van der Waals surface area contributed by atoms with E-state index >= 15 is 0 Å². The van der Waals surface area contributed by atoms with Crippen molar-refractivity contribution < 1.29 is 0 Å². The highest BCUT2D eigenvalue weighted by molar-refractivity contribution is 6.54. The first kappa shape index (κ1) is 9.98. The van der Waals surface area contributed by atoms with Crippen LogP contribution in [0.25, 0.3) is 0 Å². The van der Waals surface area contributed by atoms with Crippen molar-refractivity contribution in [1.29, 1.82) is 0 Å². The Bertz CT molecular complexity index is 410. The summed E-state index contributed by atoms with van der Waals surface area (Å²) in [6.07, 6.45) is 7.64. The molecule has 0 spiro atoms. The Morgan fingerprint density at radius 3 is 2.73 bits per heavy atom. The van der Waals surface area contributed by atoms with Crippen LogP contribution in [-0.4, -0.2) is 42.4 Å². The van der Waals surface area contributed by atoms with Crippen LogP contribution in [0.5, 0.6) is 0 Å². The van der Waals surface area contributed by atoms with E-state index in [-0.39, 0.29) is 6.17 Å². The van der Waals surface area contributed by atoms with Crippen LogP contribution in [0.15, 0.2) is 39.4 Å². The molecule has 4 heteroatoms. The highest BCUT2D eigenvalue weighted by Gasteiger charge is 2.13. The summed E-state index contributed by atoms with van der Waals surface area (Å²) in [4.78, 5) is 15.1. The summed E-state index contributed by atoms with van der Waals surface area (Å²) in [5, 5.41) is 0. The van der Waals surface area contributed by atoms with Crippen molar-refractivity contribution in [3.8, 4) is 0 Å². The zero-order chi connectivity index (χ0) is 10.8. The maximum atomic E-state index is 4.48. The van der Waals surface area contributed by atoms with Crippen LogP contribution in [0, 0.1) is 0 Å². The van der Waals surface area contributed by atoms with E-state index in [0.717, 1.165) is 17.3 Å². The number of dihydropyridines is 1. The van der Waals surface area contributed by atoms with E-state index in [9.17, 15) is 0 Å². The van der Waals surface area contributed by atoms with E-state index in [1.165, 1.54) is 0 Å². The summed E-state index contributed by atoms with van der Waals surface area (Å²) in [5.41, 5.74) is 1.83. The fourth-order valence-electron chi connectivity index (χ4n) is 1.26. The number of aliphatic imine (C=N–C) groups is 3. The van der Waals surface area contributed by atoms with Gasteiger partial charge in [-0.3, -0.25) is 9.89 Å². The van der Waals surface area contributed by atoms with Crippen molar-refractivity contribution in [3.63, 3.8) is 0 Å². The van der Waals surface area contributed by atoms with Crippen LogP contribution < -0.4 is 0 Å². The Balaban J connectivity index is 2.20. The number of amidine groups is 1. The third kappa shape index (κ3) is 2.10. The maximum Gasteiger partial charge on any atom is 0.149 e. The van der Waals surface area contributed by atoms with Crippen molar-refractivity contribution >= 4 is 17.3 Å². The molecule has 2 heterocycles. The van der Waals surface area contributed by atoms with Gasteiger partial charge in [0, 0.05) is 6.20 Å². The minimum atomic E-state index is 0.137. The molecule has 1 atom stereocenters. The van der Waals surface area contributed by atoms with Crippen molar-refractivity contribution in [2.24, 2.45) is 15.0 Å². The standard InChI is InChI=1S/C11H14N4/c1-8(15(2)3)13-11-5-4-9-10(14-11)6-7-12-9/h4-8H,1-3H3/b13-11-. The molecule has 0 bridgehead atoms. The molecule has 0 aromatic heterocycles. The first-order valence-electron chi connectivity index (χ1n) is 4.92.